The van der Waals surface area contributed by atoms with E-state index < -0.39 is 6.10 Å². The van der Waals surface area contributed by atoms with E-state index >= 15 is 0 Å². The highest BCUT2D eigenvalue weighted by molar-refractivity contribution is 5.93. The van der Waals surface area contributed by atoms with Gasteiger partial charge in [0.05, 0.1) is 11.7 Å². The molecule has 0 radical (unpaired) electrons. The highest BCUT2D eigenvalue weighted by Gasteiger charge is 2.12. The largest absolute Gasteiger partial charge is 0.508 e. The summed E-state index contributed by atoms with van der Waals surface area (Å²) in [6.45, 7) is 0.0357. The number of nitrogens with zero attached hydrogens (tertiary/aromatic N) is 3. The molecule has 7 nitrogen and oxygen atoms in total. The molecule has 0 aliphatic rings. The molecule has 0 aliphatic carbocycles. The van der Waals surface area contributed by atoms with Crippen molar-refractivity contribution in [3.05, 3.63) is 72.3 Å². The van der Waals surface area contributed by atoms with Gasteiger partial charge in [-0.25, -0.2) is 9.97 Å². The number of rotatable bonds is 5. The number of hydrogen-bond acceptors (Lipinski definition) is 6. The standard InChI is InChI=1S/C18H16N4O3/c23-15-5-3-12(4-6-15)16(24)11-22-18(25)14-9-20-17(21-10-14)13-2-1-7-19-8-13/h1-10,16,23-24H,11H2,(H,22,25)/t16-/m1/s1. The smallest absolute Gasteiger partial charge is 0.254 e. The first-order chi connectivity index (χ1) is 12.1. The minimum Gasteiger partial charge on any atom is -0.508 e. The Bertz CT molecular complexity index is 836. The van der Waals surface area contributed by atoms with Crippen molar-refractivity contribution >= 4 is 5.91 Å². The number of pyridine rings is 1. The van der Waals surface area contributed by atoms with Gasteiger partial charge < -0.3 is 15.5 Å². The molecule has 0 saturated carbocycles. The number of phenolic OH excluding ortho intramolecular Hbond substituents is 1. The molecular formula is C18H16N4O3. The van der Waals surface area contributed by atoms with Crippen molar-refractivity contribution in [2.75, 3.05) is 6.54 Å². The maximum absolute atomic E-state index is 12.1. The number of phenols is 1. The van der Waals surface area contributed by atoms with Crippen molar-refractivity contribution in [1.29, 1.82) is 0 Å². The predicted molar refractivity (Wildman–Crippen MR) is 90.7 cm³/mol. The number of aromatic nitrogens is 3. The van der Waals surface area contributed by atoms with Gasteiger partial charge in [0, 0.05) is 36.9 Å². The van der Waals surface area contributed by atoms with Gasteiger partial charge in [0.2, 0.25) is 0 Å². The molecule has 0 bridgehead atoms. The van der Waals surface area contributed by atoms with Crippen LogP contribution in [0.4, 0.5) is 0 Å². The Labute approximate surface area is 144 Å². The van der Waals surface area contributed by atoms with Gasteiger partial charge in [-0.05, 0) is 29.8 Å². The topological polar surface area (TPSA) is 108 Å². The number of amides is 1. The Morgan fingerprint density at radius 1 is 1.08 bits per heavy atom. The van der Waals surface area contributed by atoms with Gasteiger partial charge >= 0.3 is 0 Å². The lowest BCUT2D eigenvalue weighted by Crippen LogP contribution is -2.28. The number of aliphatic hydroxyl groups excluding tert-OH is 1. The number of benzene rings is 1. The lowest BCUT2D eigenvalue weighted by Gasteiger charge is -2.12. The van der Waals surface area contributed by atoms with Gasteiger partial charge in [-0.15, -0.1) is 0 Å². The quantitative estimate of drug-likeness (QED) is 0.654. The highest BCUT2D eigenvalue weighted by atomic mass is 16.3. The van der Waals surface area contributed by atoms with Gasteiger partial charge in [-0.3, -0.25) is 9.78 Å². The summed E-state index contributed by atoms with van der Waals surface area (Å²) in [6, 6.07) is 9.76. The van der Waals surface area contributed by atoms with E-state index in [1.54, 1.807) is 30.6 Å². The third kappa shape index (κ3) is 4.15. The molecule has 0 fully saturated rings. The molecular weight excluding hydrogens is 320 g/mol. The highest BCUT2D eigenvalue weighted by Crippen LogP contribution is 2.16. The summed E-state index contributed by atoms with van der Waals surface area (Å²) < 4.78 is 0. The average molecular weight is 336 g/mol. The average Bonchev–Trinajstić information content (AvgIpc) is 2.67. The zero-order valence-corrected chi connectivity index (χ0v) is 13.2. The maximum Gasteiger partial charge on any atom is 0.254 e. The second-order valence-electron chi connectivity index (χ2n) is 5.35. The van der Waals surface area contributed by atoms with Crippen LogP contribution in [0.1, 0.15) is 22.0 Å². The second kappa shape index (κ2) is 7.50. The van der Waals surface area contributed by atoms with Gasteiger partial charge in [-0.2, -0.15) is 0 Å². The number of carbonyl (C=O) groups excluding carboxylic acids is 1. The van der Waals surface area contributed by atoms with Crippen LogP contribution in [0.25, 0.3) is 11.4 Å². The fourth-order valence-corrected chi connectivity index (χ4v) is 2.20. The fourth-order valence-electron chi connectivity index (χ4n) is 2.20. The molecule has 2 aromatic heterocycles. The van der Waals surface area contributed by atoms with Crippen molar-refractivity contribution in [1.82, 2.24) is 20.3 Å². The van der Waals surface area contributed by atoms with Crippen LogP contribution < -0.4 is 5.32 Å². The van der Waals surface area contributed by atoms with E-state index in [-0.39, 0.29) is 18.2 Å². The molecule has 0 aliphatic heterocycles. The molecule has 0 spiro atoms. The fraction of sp³-hybridized carbons (Fsp3) is 0.111. The summed E-state index contributed by atoms with van der Waals surface area (Å²) in [4.78, 5) is 24.5. The van der Waals surface area contributed by atoms with Crippen LogP contribution in [-0.2, 0) is 0 Å². The van der Waals surface area contributed by atoms with Crippen molar-refractivity contribution in [3.8, 4) is 17.1 Å². The van der Waals surface area contributed by atoms with E-state index in [4.69, 9.17) is 0 Å². The molecule has 1 aromatic carbocycles. The molecule has 2 heterocycles. The summed E-state index contributed by atoms with van der Waals surface area (Å²) in [6.07, 6.45) is 5.28. The van der Waals surface area contributed by atoms with E-state index in [9.17, 15) is 15.0 Å². The number of nitrogens with one attached hydrogen (secondary N) is 1. The van der Waals surface area contributed by atoms with Crippen molar-refractivity contribution in [2.24, 2.45) is 0 Å². The second-order valence-corrected chi connectivity index (χ2v) is 5.35. The predicted octanol–water partition coefficient (Wildman–Crippen LogP) is 1.71. The summed E-state index contributed by atoms with van der Waals surface area (Å²) >= 11 is 0. The molecule has 3 N–H and O–H groups in total. The lowest BCUT2D eigenvalue weighted by molar-refractivity contribution is 0.0915. The molecule has 25 heavy (non-hydrogen) atoms. The molecule has 1 atom stereocenters. The zero-order chi connectivity index (χ0) is 17.6. The van der Waals surface area contributed by atoms with E-state index in [0.717, 1.165) is 5.56 Å². The van der Waals surface area contributed by atoms with Crippen LogP contribution in [0.15, 0.2) is 61.2 Å². The first-order valence-corrected chi connectivity index (χ1v) is 7.61. The summed E-state index contributed by atoms with van der Waals surface area (Å²) in [5, 5.41) is 21.9. The van der Waals surface area contributed by atoms with Crippen LogP contribution in [0.2, 0.25) is 0 Å². The van der Waals surface area contributed by atoms with Crippen molar-refractivity contribution < 1.29 is 15.0 Å². The van der Waals surface area contributed by atoms with Crippen molar-refractivity contribution in [2.45, 2.75) is 6.10 Å². The minimum atomic E-state index is -0.875. The number of aromatic hydroxyl groups is 1. The normalized spacial score (nSPS) is 11.7. The molecule has 3 rings (SSSR count). The minimum absolute atomic E-state index is 0.0357. The van der Waals surface area contributed by atoms with E-state index in [0.29, 0.717) is 17.0 Å². The van der Waals surface area contributed by atoms with Crippen molar-refractivity contribution in [3.63, 3.8) is 0 Å². The van der Waals surface area contributed by atoms with E-state index in [2.05, 4.69) is 20.3 Å². The van der Waals surface area contributed by atoms with Gasteiger partial charge in [0.15, 0.2) is 5.82 Å². The molecule has 126 valence electrons. The summed E-state index contributed by atoms with van der Waals surface area (Å²) in [7, 11) is 0. The van der Waals surface area contributed by atoms with Crippen LogP contribution in [0.5, 0.6) is 5.75 Å². The van der Waals surface area contributed by atoms with Crippen LogP contribution in [0.3, 0.4) is 0 Å². The number of carbonyl (C=O) groups is 1. The molecule has 3 aromatic rings. The van der Waals surface area contributed by atoms with Crippen LogP contribution in [-0.4, -0.2) is 37.6 Å². The van der Waals surface area contributed by atoms with E-state index in [1.807, 2.05) is 6.07 Å². The lowest BCUT2D eigenvalue weighted by atomic mass is 10.1. The van der Waals surface area contributed by atoms with Crippen LogP contribution >= 0.6 is 0 Å². The molecule has 0 saturated heterocycles. The summed E-state index contributed by atoms with van der Waals surface area (Å²) in [5.41, 5.74) is 1.66. The van der Waals surface area contributed by atoms with Gasteiger partial charge in [-0.1, -0.05) is 12.1 Å². The van der Waals surface area contributed by atoms with Gasteiger partial charge in [0.1, 0.15) is 5.75 Å². The Morgan fingerprint density at radius 2 is 1.80 bits per heavy atom. The monoisotopic (exact) mass is 336 g/mol. The Balaban J connectivity index is 1.60. The zero-order valence-electron chi connectivity index (χ0n) is 13.2. The third-order valence-corrected chi connectivity index (χ3v) is 3.57. The van der Waals surface area contributed by atoms with Gasteiger partial charge in [0.25, 0.3) is 5.91 Å². The van der Waals surface area contributed by atoms with E-state index in [1.165, 1.54) is 24.5 Å². The molecule has 1 amide bonds. The molecule has 7 heteroatoms. The van der Waals surface area contributed by atoms with Crippen LogP contribution in [0, 0.1) is 0 Å². The number of hydrogen-bond donors (Lipinski definition) is 3. The first-order valence-electron chi connectivity index (χ1n) is 7.61. The maximum atomic E-state index is 12.1. The Morgan fingerprint density at radius 3 is 2.44 bits per heavy atom. The SMILES string of the molecule is O=C(NC[C@@H](O)c1ccc(O)cc1)c1cnc(-c2cccnc2)nc1. The third-order valence-electron chi connectivity index (χ3n) is 3.57. The summed E-state index contributed by atoms with van der Waals surface area (Å²) in [5.74, 6) is 0.218. The Kier molecular flexibility index (Phi) is 4.96. The first kappa shape index (κ1) is 16.5. The molecule has 0 unspecified atom stereocenters. The number of aliphatic hydroxyl groups is 1. The Hall–Kier alpha value is -3.32.